The van der Waals surface area contributed by atoms with E-state index in [1.807, 2.05) is 19.1 Å². The lowest BCUT2D eigenvalue weighted by molar-refractivity contribution is 0.0696. The first-order valence-corrected chi connectivity index (χ1v) is 13.1. The van der Waals surface area contributed by atoms with Gasteiger partial charge in [-0.3, -0.25) is 9.48 Å². The number of carbonyl (C=O) groups is 2. The van der Waals surface area contributed by atoms with Crippen molar-refractivity contribution in [3.8, 4) is 17.2 Å². The smallest absolute Gasteiger partial charge is 0.335 e. The number of aromatic carboxylic acids is 1. The van der Waals surface area contributed by atoms with Crippen molar-refractivity contribution in [3.63, 3.8) is 0 Å². The molecular formula is C31H22Cl2N4O3. The van der Waals surface area contributed by atoms with Crippen LogP contribution in [0.25, 0.3) is 22.0 Å². The Morgan fingerprint density at radius 1 is 1.00 bits per heavy atom. The van der Waals surface area contributed by atoms with E-state index in [0.717, 1.165) is 27.6 Å². The molecule has 9 heteroatoms. The standard InChI is InChI=1S/C31H22Cl2N4O3/c1-18(21-5-7-22(8-6-21)31(39)40)36-30(38)28-13-24(23-4-2-3-19(9-23)15-34)12-25-16-35-37(29(25)28)17-20-10-26(32)14-27(33)11-20/h2-14,16,18H,17H2,1H3,(H,36,38)(H,39,40)/t18-/m0/s1. The molecule has 5 aromatic rings. The molecule has 1 heterocycles. The van der Waals surface area contributed by atoms with E-state index in [4.69, 9.17) is 23.2 Å². The minimum Gasteiger partial charge on any atom is -0.478 e. The van der Waals surface area contributed by atoms with Crippen molar-refractivity contribution in [3.05, 3.63) is 123 Å². The summed E-state index contributed by atoms with van der Waals surface area (Å²) in [6, 6.07) is 24.3. The summed E-state index contributed by atoms with van der Waals surface area (Å²) >= 11 is 12.4. The van der Waals surface area contributed by atoms with Crippen molar-refractivity contribution in [2.45, 2.75) is 19.5 Å². The fraction of sp³-hybridized carbons (Fsp3) is 0.0968. The maximum atomic E-state index is 13.8. The van der Waals surface area contributed by atoms with E-state index in [9.17, 15) is 20.0 Å². The maximum absolute atomic E-state index is 13.8. The number of halogens is 2. The van der Waals surface area contributed by atoms with Crippen LogP contribution >= 0.6 is 23.2 Å². The number of amides is 1. The lowest BCUT2D eigenvalue weighted by Crippen LogP contribution is -2.27. The molecule has 0 unspecified atom stereocenters. The Morgan fingerprint density at radius 2 is 1.73 bits per heavy atom. The number of nitriles is 1. The molecule has 0 aliphatic carbocycles. The quantitative estimate of drug-likeness (QED) is 0.217. The first-order valence-electron chi connectivity index (χ1n) is 12.3. The Hall–Kier alpha value is -4.64. The number of benzene rings is 4. The Kier molecular flexibility index (Phi) is 7.56. The highest BCUT2D eigenvalue weighted by Crippen LogP contribution is 2.30. The number of hydrogen-bond acceptors (Lipinski definition) is 4. The molecule has 0 radical (unpaired) electrons. The molecule has 1 atom stereocenters. The molecule has 40 heavy (non-hydrogen) atoms. The minimum atomic E-state index is -1.02. The maximum Gasteiger partial charge on any atom is 0.335 e. The van der Waals surface area contributed by atoms with Crippen LogP contribution in [0.3, 0.4) is 0 Å². The van der Waals surface area contributed by atoms with Crippen molar-refractivity contribution in [1.29, 1.82) is 5.26 Å². The van der Waals surface area contributed by atoms with Crippen LogP contribution in [0.2, 0.25) is 10.0 Å². The van der Waals surface area contributed by atoms with Gasteiger partial charge in [0.15, 0.2) is 0 Å². The first-order chi connectivity index (χ1) is 19.2. The summed E-state index contributed by atoms with van der Waals surface area (Å²) < 4.78 is 1.73. The zero-order valence-corrected chi connectivity index (χ0v) is 22.7. The fourth-order valence-corrected chi connectivity index (χ4v) is 5.18. The number of rotatable bonds is 7. The van der Waals surface area contributed by atoms with Gasteiger partial charge < -0.3 is 10.4 Å². The van der Waals surface area contributed by atoms with Crippen LogP contribution in [0.15, 0.2) is 85.1 Å². The van der Waals surface area contributed by atoms with E-state index in [1.165, 1.54) is 12.1 Å². The molecule has 4 aromatic carbocycles. The molecule has 0 spiro atoms. The van der Waals surface area contributed by atoms with Crippen molar-refractivity contribution in [2.75, 3.05) is 0 Å². The summed E-state index contributed by atoms with van der Waals surface area (Å²) in [7, 11) is 0. The third-order valence-corrected chi connectivity index (χ3v) is 7.00. The SMILES string of the molecule is C[C@H](NC(=O)c1cc(-c2cccc(C#N)c2)cc2cnn(Cc3cc(Cl)cc(Cl)c3)c12)c1ccc(C(=O)O)cc1. The third kappa shape index (κ3) is 5.69. The molecule has 0 aliphatic heterocycles. The molecule has 1 aromatic heterocycles. The highest BCUT2D eigenvalue weighted by atomic mass is 35.5. The number of hydrogen-bond donors (Lipinski definition) is 2. The lowest BCUT2D eigenvalue weighted by Gasteiger charge is -2.17. The van der Waals surface area contributed by atoms with Crippen LogP contribution in [0.1, 0.15) is 50.4 Å². The van der Waals surface area contributed by atoms with Gasteiger partial charge in [-0.1, -0.05) is 47.5 Å². The molecule has 0 saturated carbocycles. The zero-order valence-electron chi connectivity index (χ0n) is 21.2. The molecule has 0 saturated heterocycles. The van der Waals surface area contributed by atoms with Gasteiger partial charge >= 0.3 is 5.97 Å². The Bertz CT molecular complexity index is 1790. The Morgan fingerprint density at radius 3 is 2.40 bits per heavy atom. The summed E-state index contributed by atoms with van der Waals surface area (Å²) in [5.41, 5.74) is 4.84. The second-order valence-corrected chi connectivity index (χ2v) is 10.2. The fourth-order valence-electron chi connectivity index (χ4n) is 4.61. The topological polar surface area (TPSA) is 108 Å². The summed E-state index contributed by atoms with van der Waals surface area (Å²) in [5, 5.41) is 27.9. The molecular weight excluding hydrogens is 547 g/mol. The Labute approximate surface area is 240 Å². The number of nitrogens with zero attached hydrogens (tertiary/aromatic N) is 3. The van der Waals surface area contributed by atoms with Crippen molar-refractivity contribution < 1.29 is 14.7 Å². The van der Waals surface area contributed by atoms with Gasteiger partial charge in [-0.2, -0.15) is 10.4 Å². The zero-order chi connectivity index (χ0) is 28.4. The van der Waals surface area contributed by atoms with Crippen molar-refractivity contribution in [1.82, 2.24) is 15.1 Å². The molecule has 7 nitrogen and oxygen atoms in total. The highest BCUT2D eigenvalue weighted by molar-refractivity contribution is 6.34. The van der Waals surface area contributed by atoms with Gasteiger partial charge in [0.1, 0.15) is 0 Å². The first kappa shape index (κ1) is 26.9. The number of nitrogens with one attached hydrogen (secondary N) is 1. The molecule has 2 N–H and O–H groups in total. The van der Waals surface area contributed by atoms with Crippen LogP contribution in [-0.4, -0.2) is 26.8 Å². The van der Waals surface area contributed by atoms with Gasteiger partial charge in [0.05, 0.1) is 47.1 Å². The molecule has 0 fully saturated rings. The largest absolute Gasteiger partial charge is 0.478 e. The van der Waals surface area contributed by atoms with Gasteiger partial charge in [-0.05, 0) is 83.8 Å². The number of carboxylic acids is 1. The lowest BCUT2D eigenvalue weighted by atomic mass is 9.98. The van der Waals surface area contributed by atoms with Crippen molar-refractivity contribution in [2.24, 2.45) is 0 Å². The van der Waals surface area contributed by atoms with Crippen molar-refractivity contribution >= 4 is 46.0 Å². The van der Waals surface area contributed by atoms with Gasteiger partial charge in [0.25, 0.3) is 5.91 Å². The van der Waals surface area contributed by atoms with Gasteiger partial charge in [-0.25, -0.2) is 4.79 Å². The summed E-state index contributed by atoms with van der Waals surface area (Å²) in [5.74, 6) is -1.35. The van der Waals surface area contributed by atoms with E-state index in [-0.39, 0.29) is 11.5 Å². The summed E-state index contributed by atoms with van der Waals surface area (Å²) in [6.07, 6.45) is 1.70. The molecule has 0 bridgehead atoms. The average molecular weight is 569 g/mol. The average Bonchev–Trinajstić information content (AvgIpc) is 3.34. The summed E-state index contributed by atoms with van der Waals surface area (Å²) in [4.78, 5) is 25.0. The molecule has 0 aliphatic rings. The van der Waals surface area contributed by atoms with Gasteiger partial charge in [0, 0.05) is 15.4 Å². The molecule has 5 rings (SSSR count). The van der Waals surface area contributed by atoms with E-state index in [2.05, 4.69) is 16.5 Å². The minimum absolute atomic E-state index is 0.168. The number of carbonyl (C=O) groups excluding carboxylic acids is 1. The van der Waals surface area contributed by atoms with Crippen LogP contribution in [0.4, 0.5) is 0 Å². The monoisotopic (exact) mass is 568 g/mol. The number of fused-ring (bicyclic) bond motifs is 1. The van der Waals surface area contributed by atoms with Crippen LogP contribution < -0.4 is 5.32 Å². The third-order valence-electron chi connectivity index (χ3n) is 6.56. The Balaban J connectivity index is 1.57. The van der Waals surface area contributed by atoms with E-state index < -0.39 is 12.0 Å². The second-order valence-electron chi connectivity index (χ2n) is 9.36. The predicted octanol–water partition coefficient (Wildman–Crippen LogP) is 7.12. The highest BCUT2D eigenvalue weighted by Gasteiger charge is 2.20. The number of carboxylic acid groups (broad SMARTS) is 1. The normalized spacial score (nSPS) is 11.7. The van der Waals surface area contributed by atoms with Gasteiger partial charge in [-0.15, -0.1) is 0 Å². The van der Waals surface area contributed by atoms with Gasteiger partial charge in [0.2, 0.25) is 0 Å². The summed E-state index contributed by atoms with van der Waals surface area (Å²) in [6.45, 7) is 2.16. The van der Waals surface area contributed by atoms with E-state index in [1.54, 1.807) is 65.5 Å². The second kappa shape index (κ2) is 11.2. The van der Waals surface area contributed by atoms with Crippen LogP contribution in [0, 0.1) is 11.3 Å². The molecule has 198 valence electrons. The van der Waals surface area contributed by atoms with Crippen LogP contribution in [0.5, 0.6) is 0 Å². The number of aromatic nitrogens is 2. The molecule has 1 amide bonds. The van der Waals surface area contributed by atoms with E-state index in [0.29, 0.717) is 33.2 Å². The van der Waals surface area contributed by atoms with Crippen LogP contribution in [-0.2, 0) is 6.54 Å². The van der Waals surface area contributed by atoms with E-state index >= 15 is 0 Å². The predicted molar refractivity (Wildman–Crippen MR) is 155 cm³/mol.